The summed E-state index contributed by atoms with van der Waals surface area (Å²) in [5.74, 6) is -9.66. The number of rotatable bonds is 11. The number of ether oxygens (including phenoxy) is 2. The predicted molar refractivity (Wildman–Crippen MR) is 397 cm³/mol. The van der Waals surface area contributed by atoms with Crippen LogP contribution in [0.1, 0.15) is 167 Å². The van der Waals surface area contributed by atoms with Gasteiger partial charge in [-0.05, 0) is 131 Å². The second kappa shape index (κ2) is 36.7. The molecule has 26 nitrogen and oxygen atoms in total. The first-order chi connectivity index (χ1) is 51.0. The van der Waals surface area contributed by atoms with E-state index in [1.165, 1.54) is 101 Å². The van der Waals surface area contributed by atoms with Gasteiger partial charge in [-0.1, -0.05) is 102 Å². The predicted octanol–water partition coefficient (Wildman–Crippen LogP) is 5.55. The molecule has 10 atom stereocenters. The van der Waals surface area contributed by atoms with Gasteiger partial charge < -0.3 is 69.5 Å². The quantitative estimate of drug-likeness (QED) is 0.184. The Morgan fingerprint density at radius 1 is 0.676 bits per heavy atom. The first kappa shape index (κ1) is 85.0. The van der Waals surface area contributed by atoms with E-state index in [1.807, 2.05) is 51.1 Å². The van der Waals surface area contributed by atoms with Crippen LogP contribution in [0.5, 0.6) is 5.75 Å². The summed E-state index contributed by atoms with van der Waals surface area (Å²) in [5.41, 5.74) is -1.42. The van der Waals surface area contributed by atoms with E-state index in [2.05, 4.69) is 16.0 Å². The average Bonchev–Trinajstić information content (AvgIpc) is 0.916. The molecule has 10 rings (SSSR count). The zero-order valence-electron chi connectivity index (χ0n) is 65.6. The maximum absolute atomic E-state index is 15.9. The molecule has 6 aliphatic heterocycles. The van der Waals surface area contributed by atoms with Crippen LogP contribution in [-0.2, 0) is 87.7 Å². The molecule has 2 aromatic rings. The highest BCUT2D eigenvalue weighted by atomic mass is 19.4. The van der Waals surface area contributed by atoms with Gasteiger partial charge in [0.25, 0.3) is 0 Å². The topological polar surface area (TPSA) is 289 Å². The maximum atomic E-state index is 15.9. The highest BCUT2D eigenvalue weighted by Gasteiger charge is 2.59. The molecule has 0 unspecified atom stereocenters. The lowest BCUT2D eigenvalue weighted by atomic mass is 9.58. The molecule has 108 heavy (non-hydrogen) atoms. The Morgan fingerprint density at radius 2 is 1.32 bits per heavy atom. The second-order valence-electron chi connectivity index (χ2n) is 31.5. The number of carbonyl (C=O) groups is 12. The van der Waals surface area contributed by atoms with Crippen LogP contribution in [0.4, 0.5) is 13.2 Å². The van der Waals surface area contributed by atoms with Crippen molar-refractivity contribution in [2.24, 2.45) is 17.3 Å². The van der Waals surface area contributed by atoms with E-state index in [0.717, 1.165) is 23.6 Å². The molecule has 2 aliphatic carbocycles. The molecule has 3 N–H and O–H groups in total. The van der Waals surface area contributed by atoms with Gasteiger partial charge in [-0.15, -0.1) is 0 Å². The molecule has 6 bridgehead atoms. The maximum Gasteiger partial charge on any atom is 0.419 e. The number of nitrogens with one attached hydrogen (secondary N) is 3. The lowest BCUT2D eigenvalue weighted by Gasteiger charge is -2.54. The van der Waals surface area contributed by atoms with Gasteiger partial charge in [0.15, 0.2) is 0 Å². The monoisotopic (exact) mass is 1510 g/mol. The standard InChI is InChI=1S/C79H115F3N12O14/c1-15-49(4)66-74(104)88(9)46-65(97)90(11)58-30-22-19-25-39-93(73(58)103)61-40-51-33-31-50(32-34-51)26-20-18-21-29-57(68(98)84-66)89(10)64(96)43-60(71(101)86(7)16-2)91(12)75(105)67(53-27-23-24-28-53)92(13)76(106)78(47-77(5,6)48-78)85-69(99)59-42-54(108-17-3)44-94(59)70(100)56(83-63(95)45-87(8)72(61)102)38-36-52-35-37-55(79(80,81)82)62(41-52)107-14/h19,22,31-35,37,41,49,53-54,56-61,66-67H,15-18,20-21,23-30,36,38-40,42-48H2,1-14H3,(H,83,95)(H,84,98)(H,85,99)/b22-19-/t49-,54+,56-,57-,58-,59-,60-,61-,66-,67-/m0/s1. The van der Waals surface area contributed by atoms with E-state index in [4.69, 9.17) is 9.47 Å². The van der Waals surface area contributed by atoms with Crippen molar-refractivity contribution in [1.82, 2.24) is 60.0 Å². The van der Waals surface area contributed by atoms with E-state index >= 15 is 38.4 Å². The minimum absolute atomic E-state index is 0.00612. The van der Waals surface area contributed by atoms with Crippen molar-refractivity contribution in [1.29, 1.82) is 0 Å². The van der Waals surface area contributed by atoms with Crippen LogP contribution < -0.4 is 20.7 Å². The Morgan fingerprint density at radius 3 is 1.95 bits per heavy atom. The Bertz CT molecular complexity index is 3630. The summed E-state index contributed by atoms with van der Waals surface area (Å²) in [7, 11) is 11.2. The van der Waals surface area contributed by atoms with E-state index < -0.39 is 185 Å². The van der Waals surface area contributed by atoms with E-state index in [1.54, 1.807) is 26.8 Å². The van der Waals surface area contributed by atoms with Gasteiger partial charge in [0.05, 0.1) is 38.3 Å². The molecule has 6 heterocycles. The third-order valence-electron chi connectivity index (χ3n) is 23.2. The van der Waals surface area contributed by atoms with Crippen LogP contribution >= 0.6 is 0 Å². The fourth-order valence-electron chi connectivity index (χ4n) is 16.7. The lowest BCUT2D eigenvalue weighted by molar-refractivity contribution is -0.161. The Labute approximate surface area is 633 Å². The zero-order valence-corrected chi connectivity index (χ0v) is 65.6. The van der Waals surface area contributed by atoms with Crippen LogP contribution in [0.15, 0.2) is 54.6 Å². The molecule has 0 radical (unpaired) electrons. The smallest absolute Gasteiger partial charge is 0.419 e. The summed E-state index contributed by atoms with van der Waals surface area (Å²) in [6.07, 6.45) is 2.53. The van der Waals surface area contributed by atoms with Crippen molar-refractivity contribution < 1.29 is 80.2 Å². The van der Waals surface area contributed by atoms with Gasteiger partial charge >= 0.3 is 6.18 Å². The van der Waals surface area contributed by atoms with Crippen LogP contribution in [0.2, 0.25) is 0 Å². The fourth-order valence-corrected chi connectivity index (χ4v) is 16.7. The third kappa shape index (κ3) is 20.1. The summed E-state index contributed by atoms with van der Waals surface area (Å²) in [4.78, 5) is 195. The molecule has 12 amide bonds. The van der Waals surface area contributed by atoms with E-state index in [-0.39, 0.29) is 77.6 Å². The zero-order chi connectivity index (χ0) is 79.4. The number of nitrogens with zero attached hydrogens (tertiary/aromatic N) is 9. The molecule has 1 saturated heterocycles. The molecule has 2 aromatic carbocycles. The SMILES string of the molecule is CCO[C@@H]1C[C@H]2C(=O)NC3(CC(C)(C)C3)C(=O)N(C)[C@@H](C3CCCC3)C(=O)N(C)[C@H](C(=O)N(C)CC)CC(=O)N(C)[C@H]3CCCCCc4ccc(cc4)C[C@@H](C(=O)N(C)CC(=O)N[C@@H](CCc4ccc(C(F)(F)F)c(OC)c4)C(=O)N2C1)N1CC/C=C\C[C@@H](C1=O)N(C)C(=O)CN(C)C(=O)[C@H]([C@@H](C)CC)NC3=O. The van der Waals surface area contributed by atoms with Crippen molar-refractivity contribution in [3.8, 4) is 5.75 Å². The first-order valence-electron chi connectivity index (χ1n) is 38.4. The molecule has 29 heteroatoms. The summed E-state index contributed by atoms with van der Waals surface area (Å²) in [6.45, 7) is 9.81. The molecule has 1 spiro atoms. The number of benzene rings is 2. The van der Waals surface area contributed by atoms with Crippen LogP contribution in [0.3, 0.4) is 0 Å². The Kier molecular flexibility index (Phi) is 28.9. The fraction of sp³-hybridized carbons (Fsp3) is 0.671. The van der Waals surface area contributed by atoms with Crippen molar-refractivity contribution in [3.05, 3.63) is 76.9 Å². The summed E-state index contributed by atoms with van der Waals surface area (Å²) < 4.78 is 54.0. The second-order valence-corrected chi connectivity index (χ2v) is 31.5. The Balaban J connectivity index is 1.28. The third-order valence-corrected chi connectivity index (χ3v) is 23.2. The van der Waals surface area contributed by atoms with Crippen molar-refractivity contribution in [2.45, 2.75) is 230 Å². The largest absolute Gasteiger partial charge is 0.496 e. The number of methoxy groups -OCH3 is 1. The van der Waals surface area contributed by atoms with Gasteiger partial charge in [-0.2, -0.15) is 13.2 Å². The van der Waals surface area contributed by atoms with Crippen LogP contribution in [0.25, 0.3) is 0 Å². The molecule has 2 saturated carbocycles. The highest BCUT2D eigenvalue weighted by molar-refractivity contribution is 6.01. The lowest BCUT2D eigenvalue weighted by Crippen LogP contribution is -2.71. The summed E-state index contributed by atoms with van der Waals surface area (Å²) in [5, 5.41) is 8.85. The average molecular weight is 1510 g/mol. The van der Waals surface area contributed by atoms with Crippen molar-refractivity contribution in [3.63, 3.8) is 0 Å². The van der Waals surface area contributed by atoms with Gasteiger partial charge in [-0.25, -0.2) is 0 Å². The minimum Gasteiger partial charge on any atom is -0.496 e. The number of likely N-dealkylation sites (N-methyl/N-ethyl adjacent to an activating group) is 7. The number of hydrogen-bond acceptors (Lipinski definition) is 14. The van der Waals surface area contributed by atoms with Gasteiger partial charge in [0.2, 0.25) is 70.9 Å². The van der Waals surface area contributed by atoms with Crippen LogP contribution in [0, 0.1) is 17.3 Å². The number of fused-ring (bicyclic) bond motifs is 22. The van der Waals surface area contributed by atoms with Gasteiger partial charge in [0, 0.05) is 88.4 Å². The van der Waals surface area contributed by atoms with Crippen molar-refractivity contribution in [2.75, 3.05) is 95.8 Å². The Hall–Kier alpha value is -8.63. The first-order valence-corrected chi connectivity index (χ1v) is 38.4. The molecule has 3 fully saturated rings. The normalized spacial score (nSPS) is 27.2. The number of halogens is 3. The molecule has 0 aromatic heterocycles. The minimum atomic E-state index is -4.78. The van der Waals surface area contributed by atoms with Gasteiger partial charge in [0.1, 0.15) is 59.6 Å². The summed E-state index contributed by atoms with van der Waals surface area (Å²) >= 11 is 0. The van der Waals surface area contributed by atoms with Gasteiger partial charge in [-0.3, -0.25) is 57.5 Å². The van der Waals surface area contributed by atoms with Crippen LogP contribution in [-0.4, -0.2) is 271 Å². The number of hydrogen-bond donors (Lipinski definition) is 3. The summed E-state index contributed by atoms with van der Waals surface area (Å²) in [6, 6.07) is 0.192. The number of amides is 12. The highest BCUT2D eigenvalue weighted by Crippen LogP contribution is 2.50. The number of carbonyl (C=O) groups excluding carboxylic acids is 12. The molecule has 8 aliphatic rings. The van der Waals surface area contributed by atoms with Crippen molar-refractivity contribution >= 4 is 70.9 Å². The van der Waals surface area contributed by atoms with E-state index in [0.29, 0.717) is 75.3 Å². The number of aryl methyl sites for hydroxylation is 2. The number of alkyl halides is 3. The molecular formula is C79H115F3N12O14. The molecule has 596 valence electrons. The molecular weight excluding hydrogens is 1400 g/mol. The van der Waals surface area contributed by atoms with E-state index in [9.17, 15) is 32.3 Å².